The normalized spacial score (nSPS) is 10.6. The van der Waals surface area contributed by atoms with E-state index in [0.29, 0.717) is 22.2 Å². The summed E-state index contributed by atoms with van der Waals surface area (Å²) in [4.78, 5) is 24.4. The highest BCUT2D eigenvalue weighted by Crippen LogP contribution is 2.22. The summed E-state index contributed by atoms with van der Waals surface area (Å²) >= 11 is 0. The predicted octanol–water partition coefficient (Wildman–Crippen LogP) is 2.27. The van der Waals surface area contributed by atoms with E-state index in [1.54, 1.807) is 24.3 Å². The molecule has 0 radical (unpaired) electrons. The molecule has 0 saturated carbocycles. The smallest absolute Gasteiger partial charge is 0.269 e. The molecule has 0 saturated heterocycles. The molecule has 2 aromatic carbocycles. The number of nitrogens with zero attached hydrogens (tertiary/aromatic N) is 1. The molecule has 0 aliphatic rings. The van der Waals surface area contributed by atoms with Gasteiger partial charge in [0.25, 0.3) is 11.8 Å². The molecule has 3 rings (SSSR count). The number of hydrogen-bond donors (Lipinski definition) is 2. The maximum atomic E-state index is 12.5. The van der Waals surface area contributed by atoms with E-state index in [9.17, 15) is 9.59 Å². The molecular formula is C18H17N3O3. The van der Waals surface area contributed by atoms with E-state index in [-0.39, 0.29) is 12.5 Å². The summed E-state index contributed by atoms with van der Waals surface area (Å²) in [5.41, 5.74) is 4.02. The van der Waals surface area contributed by atoms with Crippen molar-refractivity contribution >= 4 is 22.7 Å². The van der Waals surface area contributed by atoms with Crippen molar-refractivity contribution in [2.75, 3.05) is 6.61 Å². The number of benzene rings is 2. The second-order valence-electron chi connectivity index (χ2n) is 5.35. The summed E-state index contributed by atoms with van der Waals surface area (Å²) in [6.45, 7) is 1.78. The minimum Gasteiger partial charge on any atom is -0.483 e. The van der Waals surface area contributed by atoms with Gasteiger partial charge in [0.1, 0.15) is 5.75 Å². The molecule has 0 aliphatic heterocycles. The minimum absolute atomic E-state index is 0.132. The number of ether oxygens (including phenoxy) is 1. The number of nitrogens with two attached hydrogens (primary N) is 1. The fourth-order valence-corrected chi connectivity index (χ4v) is 2.57. The number of hydrazine groups is 1. The van der Waals surface area contributed by atoms with Crippen molar-refractivity contribution in [3.05, 3.63) is 65.9 Å². The van der Waals surface area contributed by atoms with E-state index in [2.05, 4.69) is 5.43 Å². The fraction of sp³-hybridized carbons (Fsp3) is 0.111. The van der Waals surface area contributed by atoms with Gasteiger partial charge in [-0.1, -0.05) is 36.4 Å². The molecule has 3 N–H and O–H groups in total. The Kier molecular flexibility index (Phi) is 4.31. The van der Waals surface area contributed by atoms with Crippen LogP contribution in [0, 0.1) is 6.92 Å². The quantitative estimate of drug-likeness (QED) is 0.438. The Hall–Kier alpha value is -3.12. The van der Waals surface area contributed by atoms with Gasteiger partial charge >= 0.3 is 0 Å². The lowest BCUT2D eigenvalue weighted by atomic mass is 10.2. The van der Waals surface area contributed by atoms with Crippen LogP contribution in [0.2, 0.25) is 0 Å². The first-order valence-corrected chi connectivity index (χ1v) is 7.44. The van der Waals surface area contributed by atoms with Crippen molar-refractivity contribution in [1.82, 2.24) is 9.99 Å². The highest BCUT2D eigenvalue weighted by atomic mass is 16.5. The van der Waals surface area contributed by atoms with Crippen LogP contribution in [0.3, 0.4) is 0 Å². The molecule has 0 atom stereocenters. The Labute approximate surface area is 138 Å². The van der Waals surface area contributed by atoms with E-state index in [1.807, 2.05) is 31.2 Å². The lowest BCUT2D eigenvalue weighted by Gasteiger charge is -2.09. The van der Waals surface area contributed by atoms with Gasteiger partial charge in [-0.05, 0) is 24.6 Å². The van der Waals surface area contributed by atoms with Crippen molar-refractivity contribution in [1.29, 1.82) is 0 Å². The Bertz CT molecular complexity index is 915. The van der Waals surface area contributed by atoms with Crippen LogP contribution in [0.15, 0.2) is 54.7 Å². The predicted molar refractivity (Wildman–Crippen MR) is 90.9 cm³/mol. The van der Waals surface area contributed by atoms with Gasteiger partial charge < -0.3 is 4.74 Å². The first kappa shape index (κ1) is 15.8. The summed E-state index contributed by atoms with van der Waals surface area (Å²) in [5, 5.41) is 0.657. The van der Waals surface area contributed by atoms with Crippen molar-refractivity contribution in [3.63, 3.8) is 0 Å². The molecule has 1 aromatic heterocycles. The first-order valence-electron chi connectivity index (χ1n) is 7.44. The molecule has 3 aromatic rings. The molecule has 0 bridgehead atoms. The zero-order valence-corrected chi connectivity index (χ0v) is 13.2. The summed E-state index contributed by atoms with van der Waals surface area (Å²) in [6, 6.07) is 14.6. The number of carbonyl (C=O) groups is 2. The minimum atomic E-state index is -0.447. The third kappa shape index (κ3) is 2.87. The van der Waals surface area contributed by atoms with Crippen molar-refractivity contribution in [2.45, 2.75) is 6.92 Å². The molecule has 1 amide bonds. The summed E-state index contributed by atoms with van der Waals surface area (Å²) in [6.07, 6.45) is 1.48. The topological polar surface area (TPSA) is 86.3 Å². The average molecular weight is 323 g/mol. The number of amides is 1. The Morgan fingerprint density at radius 1 is 1.12 bits per heavy atom. The number of carbonyl (C=O) groups excluding carboxylic acids is 2. The van der Waals surface area contributed by atoms with Crippen LogP contribution in [-0.2, 0) is 0 Å². The number of nitrogen functional groups attached to an aromatic ring is 1. The number of para-hydroxylation sites is 2. The van der Waals surface area contributed by atoms with Crippen LogP contribution in [0.5, 0.6) is 5.75 Å². The molecular weight excluding hydrogens is 306 g/mol. The second kappa shape index (κ2) is 6.55. The van der Waals surface area contributed by atoms with Crippen molar-refractivity contribution in [2.24, 2.45) is 5.84 Å². The Morgan fingerprint density at radius 3 is 2.58 bits per heavy atom. The van der Waals surface area contributed by atoms with Crippen LogP contribution < -0.4 is 16.0 Å². The number of aryl methyl sites for hydroxylation is 1. The monoisotopic (exact) mass is 323 g/mol. The van der Waals surface area contributed by atoms with E-state index in [0.717, 1.165) is 5.56 Å². The molecule has 6 nitrogen and oxygen atoms in total. The molecule has 0 spiro atoms. The van der Waals surface area contributed by atoms with E-state index in [4.69, 9.17) is 10.6 Å². The van der Waals surface area contributed by atoms with Gasteiger partial charge in [-0.3, -0.25) is 19.6 Å². The molecule has 24 heavy (non-hydrogen) atoms. The third-order valence-electron chi connectivity index (χ3n) is 3.80. The zero-order valence-electron chi connectivity index (χ0n) is 13.2. The third-order valence-corrected chi connectivity index (χ3v) is 3.80. The number of nitrogens with one attached hydrogen (secondary N) is 1. The maximum absolute atomic E-state index is 12.5. The Balaban J connectivity index is 1.90. The standard InChI is InChI=1S/C18H17N3O3/c1-12-6-2-5-9-16(12)24-11-17(22)21-10-14(18(23)20-19)13-7-3-4-8-15(13)21/h2-10H,11,19H2,1H3,(H,20,23). The highest BCUT2D eigenvalue weighted by Gasteiger charge is 2.18. The zero-order chi connectivity index (χ0) is 17.1. The Morgan fingerprint density at radius 2 is 1.83 bits per heavy atom. The SMILES string of the molecule is Cc1ccccc1OCC(=O)n1cc(C(=O)NN)c2ccccc21. The van der Waals surface area contributed by atoms with E-state index in [1.165, 1.54) is 10.8 Å². The average Bonchev–Trinajstić information content (AvgIpc) is 3.00. The van der Waals surface area contributed by atoms with Crippen LogP contribution in [0.4, 0.5) is 0 Å². The number of rotatable bonds is 4. The van der Waals surface area contributed by atoms with E-state index < -0.39 is 5.91 Å². The van der Waals surface area contributed by atoms with Gasteiger partial charge in [-0.2, -0.15) is 0 Å². The number of hydrogen-bond acceptors (Lipinski definition) is 4. The number of aromatic nitrogens is 1. The highest BCUT2D eigenvalue weighted by molar-refractivity contribution is 6.09. The van der Waals surface area contributed by atoms with E-state index >= 15 is 0 Å². The van der Waals surface area contributed by atoms with Crippen LogP contribution in [-0.4, -0.2) is 23.0 Å². The van der Waals surface area contributed by atoms with Gasteiger partial charge in [0, 0.05) is 11.6 Å². The van der Waals surface area contributed by atoms with Gasteiger partial charge in [0.2, 0.25) is 0 Å². The van der Waals surface area contributed by atoms with Crippen LogP contribution in [0.25, 0.3) is 10.9 Å². The first-order chi connectivity index (χ1) is 11.6. The summed E-state index contributed by atoms with van der Waals surface area (Å²) < 4.78 is 7.02. The summed E-state index contributed by atoms with van der Waals surface area (Å²) in [5.74, 6) is 5.15. The van der Waals surface area contributed by atoms with Gasteiger partial charge in [0.05, 0.1) is 11.1 Å². The molecule has 0 aliphatic carbocycles. The molecule has 122 valence electrons. The second-order valence-corrected chi connectivity index (χ2v) is 5.35. The van der Waals surface area contributed by atoms with Crippen molar-refractivity contribution in [3.8, 4) is 5.75 Å². The van der Waals surface area contributed by atoms with Crippen LogP contribution >= 0.6 is 0 Å². The molecule has 1 heterocycles. The van der Waals surface area contributed by atoms with Crippen molar-refractivity contribution < 1.29 is 14.3 Å². The lowest BCUT2D eigenvalue weighted by Crippen LogP contribution is -2.29. The number of fused-ring (bicyclic) bond motifs is 1. The molecule has 6 heteroatoms. The van der Waals surface area contributed by atoms with Gasteiger partial charge in [0.15, 0.2) is 6.61 Å². The largest absolute Gasteiger partial charge is 0.483 e. The van der Waals surface area contributed by atoms with Crippen LogP contribution in [0.1, 0.15) is 20.7 Å². The fourth-order valence-electron chi connectivity index (χ4n) is 2.57. The summed E-state index contributed by atoms with van der Waals surface area (Å²) in [7, 11) is 0. The maximum Gasteiger partial charge on any atom is 0.269 e. The lowest BCUT2D eigenvalue weighted by molar-refractivity contribution is 0.0842. The van der Waals surface area contributed by atoms with Gasteiger partial charge in [-0.25, -0.2) is 5.84 Å². The molecule has 0 unspecified atom stereocenters. The van der Waals surface area contributed by atoms with Gasteiger partial charge in [-0.15, -0.1) is 0 Å². The molecule has 0 fully saturated rings.